The summed E-state index contributed by atoms with van der Waals surface area (Å²) in [5.41, 5.74) is 0. The molecule has 12 nitrogen and oxygen atoms in total. The quantitative estimate of drug-likeness (QED) is 0.0768. The van der Waals surface area contributed by atoms with Gasteiger partial charge in [-0.25, -0.2) is 0 Å². The molecule has 0 aromatic rings. The van der Waals surface area contributed by atoms with Gasteiger partial charge in [-0.3, -0.25) is 29.0 Å². The second-order valence-corrected chi connectivity index (χ2v) is 17.6. The van der Waals surface area contributed by atoms with E-state index in [4.69, 9.17) is 9.05 Å². The Kier molecular flexibility index (Phi) is 18.4. The molecule has 4 amide bonds. The highest BCUT2D eigenvalue weighted by molar-refractivity contribution is 8.00. The number of carbonyl (C=O) groups excluding carboxylic acids is 4. The molecule has 0 N–H and O–H groups in total. The number of unbranched alkanes of at least 4 members (excludes halogenated alkanes) is 9. The van der Waals surface area contributed by atoms with Crippen molar-refractivity contribution >= 4 is 62.3 Å². The smallest absolute Gasteiger partial charge is 0.242 e. The van der Waals surface area contributed by atoms with Crippen molar-refractivity contribution < 1.29 is 47.1 Å². The number of hydrogen-bond donors (Lipinski definition) is 0. The van der Waals surface area contributed by atoms with Gasteiger partial charge in [0.05, 0.1) is 23.7 Å². The topological polar surface area (TPSA) is 173 Å². The molecule has 16 heteroatoms. The Bertz CT molecular complexity index is 958. The first-order valence-corrected chi connectivity index (χ1v) is 21.6. The number of nitrogens with zero attached hydrogens (tertiary/aromatic N) is 2. The minimum atomic E-state index is -3.66. The van der Waals surface area contributed by atoms with Crippen LogP contribution in [0.4, 0.5) is 0 Å². The van der Waals surface area contributed by atoms with Crippen LogP contribution in [0, 0.1) is 0 Å². The number of rotatable bonds is 25. The molecule has 2 heterocycles. The minimum Gasteiger partial charge on any atom is -0.779 e. The number of thioether (sulfide) groups is 2. The van der Waals surface area contributed by atoms with E-state index >= 15 is 0 Å². The maximum absolute atomic E-state index is 12.7. The van der Waals surface area contributed by atoms with Crippen LogP contribution in [-0.2, 0) is 37.4 Å². The third kappa shape index (κ3) is 16.2. The molecule has 0 aromatic heterocycles. The molecule has 254 valence electrons. The zero-order valence-electron chi connectivity index (χ0n) is 26.0. The van der Waals surface area contributed by atoms with Gasteiger partial charge in [0.2, 0.25) is 23.6 Å². The Morgan fingerprint density at radius 2 is 0.955 bits per heavy atom. The highest BCUT2D eigenvalue weighted by Crippen LogP contribution is 2.32. The summed E-state index contributed by atoms with van der Waals surface area (Å²) in [6.45, 7) is 3.29. The molecule has 2 fully saturated rings. The van der Waals surface area contributed by atoms with Gasteiger partial charge >= 0.3 is 0 Å². The molecule has 44 heavy (non-hydrogen) atoms. The monoisotopic (exact) mass is 698 g/mol. The van der Waals surface area contributed by atoms with Crippen LogP contribution in [0.1, 0.15) is 89.9 Å². The lowest BCUT2D eigenvalue weighted by molar-refractivity contribution is -0.197. The summed E-state index contributed by atoms with van der Waals surface area (Å²) < 4.78 is 31.4. The van der Waals surface area contributed by atoms with Crippen LogP contribution in [0.15, 0.2) is 0 Å². The molecule has 0 aromatic carbocycles. The van der Waals surface area contributed by atoms with Crippen LogP contribution in [0.25, 0.3) is 0 Å². The van der Waals surface area contributed by atoms with Crippen molar-refractivity contribution in [2.45, 2.75) is 100 Å². The minimum absolute atomic E-state index is 0.124. The van der Waals surface area contributed by atoms with Crippen LogP contribution in [-0.4, -0.2) is 95.1 Å². The average Bonchev–Trinajstić information content (AvgIpc) is 3.35. The molecule has 4 atom stereocenters. The second kappa shape index (κ2) is 20.5. The van der Waals surface area contributed by atoms with Gasteiger partial charge in [0, 0.05) is 39.3 Å². The summed E-state index contributed by atoms with van der Waals surface area (Å²) in [5.74, 6) is 1.02. The summed E-state index contributed by atoms with van der Waals surface area (Å²) in [6, 6.07) is 0. The molecule has 0 spiro atoms. The molecule has 0 bridgehead atoms. The predicted molar refractivity (Wildman–Crippen MR) is 170 cm³/mol. The van der Waals surface area contributed by atoms with E-state index in [1.165, 1.54) is 33.3 Å². The van der Waals surface area contributed by atoms with Gasteiger partial charge in [-0.15, -0.1) is 23.5 Å². The van der Waals surface area contributed by atoms with Crippen molar-refractivity contribution in [2.24, 2.45) is 0 Å². The standard InChI is InChI=1S/C28H50N2O10P2S2/c1-41(35,36)39-17-11-5-7-13-19-43-23-21-25(31)29(27(23)33)15-9-3-4-10-16-30-26(32)22-24(28(30)34)44-20-14-8-6-12-18-40-42(2,37)38/h23-24H,3-22H2,1-2H3,(H,35,36)(H,37,38)/p-2. The number of imide groups is 2. The first-order valence-electron chi connectivity index (χ1n) is 15.6. The van der Waals surface area contributed by atoms with Crippen molar-refractivity contribution in [1.82, 2.24) is 9.80 Å². The van der Waals surface area contributed by atoms with Crippen LogP contribution >= 0.6 is 38.7 Å². The lowest BCUT2D eigenvalue weighted by Gasteiger charge is -2.17. The number of carbonyl (C=O) groups is 4. The van der Waals surface area contributed by atoms with E-state index in [2.05, 4.69) is 0 Å². The van der Waals surface area contributed by atoms with Gasteiger partial charge in [0.15, 0.2) is 0 Å². The number of hydrogen-bond acceptors (Lipinski definition) is 12. The Balaban J connectivity index is 1.50. The summed E-state index contributed by atoms with van der Waals surface area (Å²) in [4.78, 5) is 74.8. The van der Waals surface area contributed by atoms with Gasteiger partial charge in [0.25, 0.3) is 0 Å². The maximum Gasteiger partial charge on any atom is 0.242 e. The van der Waals surface area contributed by atoms with Gasteiger partial charge in [-0.2, -0.15) is 0 Å². The van der Waals surface area contributed by atoms with Crippen molar-refractivity contribution in [3.8, 4) is 0 Å². The van der Waals surface area contributed by atoms with E-state index in [1.807, 2.05) is 0 Å². The molecule has 4 unspecified atom stereocenters. The van der Waals surface area contributed by atoms with Crippen molar-refractivity contribution in [3.05, 3.63) is 0 Å². The number of amides is 4. The largest absolute Gasteiger partial charge is 0.779 e. The van der Waals surface area contributed by atoms with E-state index in [0.717, 1.165) is 76.2 Å². The molecule has 2 aliphatic heterocycles. The molecule has 0 saturated carbocycles. The van der Waals surface area contributed by atoms with Crippen molar-refractivity contribution in [1.29, 1.82) is 0 Å². The van der Waals surface area contributed by atoms with Crippen LogP contribution < -0.4 is 9.79 Å². The fourth-order valence-electron chi connectivity index (χ4n) is 4.96. The Morgan fingerprint density at radius 1 is 0.614 bits per heavy atom. The van der Waals surface area contributed by atoms with Gasteiger partial charge < -0.3 is 28.0 Å². The fourth-order valence-corrected chi connectivity index (χ4v) is 8.25. The summed E-state index contributed by atoms with van der Waals surface area (Å²) >= 11 is 3.02. The molecule has 2 saturated heterocycles. The summed E-state index contributed by atoms with van der Waals surface area (Å²) in [5, 5.41) is -0.672. The first kappa shape index (κ1) is 39.5. The van der Waals surface area contributed by atoms with Crippen LogP contribution in [0.3, 0.4) is 0 Å². The molecule has 2 rings (SSSR count). The Morgan fingerprint density at radius 3 is 1.32 bits per heavy atom. The van der Waals surface area contributed by atoms with E-state index < -0.39 is 15.2 Å². The molecule has 0 aliphatic carbocycles. The zero-order valence-corrected chi connectivity index (χ0v) is 29.4. The average molecular weight is 699 g/mol. The van der Waals surface area contributed by atoms with Gasteiger partial charge in [-0.05, 0) is 50.0 Å². The molecular weight excluding hydrogens is 650 g/mol. The molecule has 2 aliphatic rings. The maximum atomic E-state index is 12.7. The highest BCUT2D eigenvalue weighted by Gasteiger charge is 2.39. The zero-order chi connectivity index (χ0) is 32.6. The summed E-state index contributed by atoms with van der Waals surface area (Å²) in [6.07, 6.45) is 10.0. The summed E-state index contributed by atoms with van der Waals surface area (Å²) in [7, 11) is -7.33. The van der Waals surface area contributed by atoms with E-state index in [0.29, 0.717) is 38.8 Å². The van der Waals surface area contributed by atoms with E-state index in [9.17, 15) is 38.1 Å². The van der Waals surface area contributed by atoms with E-state index in [1.54, 1.807) is 0 Å². The van der Waals surface area contributed by atoms with E-state index in [-0.39, 0.29) is 60.2 Å². The highest BCUT2D eigenvalue weighted by atomic mass is 32.2. The van der Waals surface area contributed by atoms with Gasteiger partial charge in [0.1, 0.15) is 15.2 Å². The lowest BCUT2D eigenvalue weighted by Crippen LogP contribution is -2.33. The Labute approximate surface area is 270 Å². The van der Waals surface area contributed by atoms with Crippen LogP contribution in [0.5, 0.6) is 0 Å². The van der Waals surface area contributed by atoms with Crippen molar-refractivity contribution in [3.63, 3.8) is 0 Å². The van der Waals surface area contributed by atoms with Gasteiger partial charge in [-0.1, -0.05) is 38.5 Å². The second-order valence-electron chi connectivity index (χ2n) is 11.3. The van der Waals surface area contributed by atoms with Crippen LogP contribution in [0.2, 0.25) is 0 Å². The number of likely N-dealkylation sites (tertiary alicyclic amines) is 2. The first-order chi connectivity index (χ1) is 20.8. The fraction of sp³-hybridized carbons (Fsp3) is 0.857. The third-order valence-corrected chi connectivity index (χ3v) is 11.2. The predicted octanol–water partition coefficient (Wildman–Crippen LogP) is 3.79. The molecular formula is C28H48N2O10P2S2-2. The Hall–Kier alpha value is -0.720. The third-order valence-electron chi connectivity index (χ3n) is 7.29. The SMILES string of the molecule is CP(=O)([O-])OCCCCCCSC1CC(=O)N(CCCCCCN2C(=O)CC(SCCCCCCOP(C)(=O)[O-])C2=O)C1=O. The van der Waals surface area contributed by atoms with Crippen molar-refractivity contribution in [2.75, 3.05) is 51.1 Å². The molecule has 0 radical (unpaired) electrons. The normalized spacial score (nSPS) is 21.8. The lowest BCUT2D eigenvalue weighted by atomic mass is 10.2.